The Morgan fingerprint density at radius 3 is 2.36 bits per heavy atom. The van der Waals surface area contributed by atoms with E-state index in [9.17, 15) is 27.9 Å². The summed E-state index contributed by atoms with van der Waals surface area (Å²) in [5, 5.41) is 18.7. The number of alkyl halides is 3. The summed E-state index contributed by atoms with van der Waals surface area (Å²) in [7, 11) is 0. The Morgan fingerprint density at radius 1 is 1.27 bits per heavy atom. The van der Waals surface area contributed by atoms with Crippen molar-refractivity contribution in [2.45, 2.75) is 13.1 Å². The number of phenolic OH excluding ortho intramolecular Hbond substituents is 1. The highest BCUT2D eigenvalue weighted by molar-refractivity contribution is 5.97. The van der Waals surface area contributed by atoms with Crippen LogP contribution in [0.25, 0.3) is 0 Å². The van der Waals surface area contributed by atoms with Gasteiger partial charge >= 0.3 is 12.1 Å². The molecule has 1 aliphatic heterocycles. The van der Waals surface area contributed by atoms with E-state index < -0.39 is 43.0 Å². The Bertz CT molecular complexity index is 615. The summed E-state index contributed by atoms with van der Waals surface area (Å²) in [6, 6.07) is 4.17. The second-order valence-electron chi connectivity index (χ2n) is 5.32. The average molecular weight is 317 g/mol. The van der Waals surface area contributed by atoms with Crippen molar-refractivity contribution >= 4 is 11.9 Å². The molecule has 0 aromatic heterocycles. The van der Waals surface area contributed by atoms with E-state index in [0.29, 0.717) is 5.56 Å². The molecule has 1 amide bonds. The van der Waals surface area contributed by atoms with Gasteiger partial charge in [-0.2, -0.15) is 13.2 Å². The molecule has 0 aliphatic carbocycles. The maximum atomic E-state index is 12.9. The lowest BCUT2D eigenvalue weighted by atomic mass is 9.96. The summed E-state index contributed by atoms with van der Waals surface area (Å²) in [6.45, 7) is 0.419. The minimum absolute atomic E-state index is 0.141. The fraction of sp³-hybridized carbons (Fsp3) is 0.429. The maximum absolute atomic E-state index is 12.9. The topological polar surface area (TPSA) is 77.8 Å². The van der Waals surface area contributed by atoms with Gasteiger partial charge in [-0.1, -0.05) is 6.07 Å². The van der Waals surface area contributed by atoms with Crippen molar-refractivity contribution in [2.75, 3.05) is 13.1 Å². The van der Waals surface area contributed by atoms with Crippen LogP contribution in [0.3, 0.4) is 0 Å². The van der Waals surface area contributed by atoms with E-state index in [2.05, 4.69) is 0 Å². The van der Waals surface area contributed by atoms with Gasteiger partial charge in [0.25, 0.3) is 5.91 Å². The number of halogens is 3. The lowest BCUT2D eigenvalue weighted by Gasteiger charge is -2.18. The minimum atomic E-state index is -4.70. The highest BCUT2D eigenvalue weighted by Gasteiger charge is 2.53. The Kier molecular flexibility index (Phi) is 4.04. The van der Waals surface area contributed by atoms with Crippen LogP contribution in [0.15, 0.2) is 18.2 Å². The molecule has 2 rings (SSSR count). The van der Waals surface area contributed by atoms with Crippen molar-refractivity contribution in [3.8, 4) is 5.75 Å². The smallest absolute Gasteiger partial charge is 0.394 e. The average Bonchev–Trinajstić information content (AvgIpc) is 2.83. The molecule has 1 aliphatic rings. The van der Waals surface area contributed by atoms with Crippen LogP contribution in [-0.4, -0.2) is 46.3 Å². The van der Waals surface area contributed by atoms with Gasteiger partial charge in [-0.3, -0.25) is 9.59 Å². The fourth-order valence-corrected chi connectivity index (χ4v) is 2.54. The minimum Gasteiger partial charge on any atom is -0.507 e. The van der Waals surface area contributed by atoms with Crippen molar-refractivity contribution in [1.82, 2.24) is 4.90 Å². The Hall–Kier alpha value is -2.25. The van der Waals surface area contributed by atoms with E-state index >= 15 is 0 Å². The first-order chi connectivity index (χ1) is 10.1. The Morgan fingerprint density at radius 2 is 1.91 bits per heavy atom. The van der Waals surface area contributed by atoms with E-state index in [0.717, 1.165) is 4.90 Å². The van der Waals surface area contributed by atoms with E-state index in [1.165, 1.54) is 12.1 Å². The molecule has 1 saturated heterocycles. The molecule has 0 saturated carbocycles. The molecule has 0 radical (unpaired) electrons. The second-order valence-corrected chi connectivity index (χ2v) is 5.32. The predicted octanol–water partition coefficient (Wildman–Crippen LogP) is 2.04. The highest BCUT2D eigenvalue weighted by atomic mass is 19.4. The molecule has 1 fully saturated rings. The lowest BCUT2D eigenvalue weighted by molar-refractivity contribution is -0.187. The summed E-state index contributed by atoms with van der Waals surface area (Å²) in [5.41, 5.74) is 0.546. The largest absolute Gasteiger partial charge is 0.507 e. The van der Waals surface area contributed by atoms with Gasteiger partial charge in [-0.25, -0.2) is 0 Å². The van der Waals surface area contributed by atoms with E-state index in [-0.39, 0.29) is 11.3 Å². The van der Waals surface area contributed by atoms with Crippen molar-refractivity contribution in [1.29, 1.82) is 0 Å². The predicted molar refractivity (Wildman–Crippen MR) is 69.4 cm³/mol. The molecule has 2 atom stereocenters. The van der Waals surface area contributed by atoms with Gasteiger partial charge in [-0.15, -0.1) is 0 Å². The quantitative estimate of drug-likeness (QED) is 0.875. The zero-order chi connectivity index (χ0) is 16.7. The van der Waals surface area contributed by atoms with Gasteiger partial charge in [0.2, 0.25) is 0 Å². The van der Waals surface area contributed by atoms with Crippen LogP contribution in [-0.2, 0) is 4.79 Å². The summed E-state index contributed by atoms with van der Waals surface area (Å²) in [4.78, 5) is 24.0. The molecule has 1 aromatic carbocycles. The van der Waals surface area contributed by atoms with Gasteiger partial charge in [0, 0.05) is 13.1 Å². The summed E-state index contributed by atoms with van der Waals surface area (Å²) < 4.78 is 38.7. The summed E-state index contributed by atoms with van der Waals surface area (Å²) in [5.74, 6) is -6.55. The monoisotopic (exact) mass is 317 g/mol. The van der Waals surface area contributed by atoms with Crippen LogP contribution < -0.4 is 0 Å². The standard InChI is InChI=1S/C14H14F3NO4/c1-7-2-3-8(11(19)4-7)12(20)18-5-9(13(21)22)10(6-18)14(15,16)17/h2-4,9-10,19H,5-6H2,1H3,(H,21,22)/t9-,10-/m1/s1. The molecular weight excluding hydrogens is 303 g/mol. The first-order valence-electron chi connectivity index (χ1n) is 6.49. The highest BCUT2D eigenvalue weighted by Crippen LogP contribution is 2.38. The zero-order valence-corrected chi connectivity index (χ0v) is 11.6. The number of phenols is 1. The number of likely N-dealkylation sites (tertiary alicyclic amines) is 1. The molecule has 0 unspecified atom stereocenters. The van der Waals surface area contributed by atoms with Gasteiger partial charge in [0.1, 0.15) is 5.75 Å². The van der Waals surface area contributed by atoms with E-state index in [1.807, 2.05) is 0 Å². The zero-order valence-electron chi connectivity index (χ0n) is 11.6. The number of aromatic hydroxyl groups is 1. The van der Waals surface area contributed by atoms with Crippen LogP contribution in [0.4, 0.5) is 13.2 Å². The number of carbonyl (C=O) groups is 2. The molecule has 2 N–H and O–H groups in total. The van der Waals surface area contributed by atoms with Gasteiger partial charge < -0.3 is 15.1 Å². The number of rotatable bonds is 2. The number of hydrogen-bond donors (Lipinski definition) is 2. The molecule has 1 heterocycles. The first kappa shape index (κ1) is 16.1. The first-order valence-corrected chi connectivity index (χ1v) is 6.49. The number of carbonyl (C=O) groups excluding carboxylic acids is 1. The summed E-state index contributed by atoms with van der Waals surface area (Å²) in [6.07, 6.45) is -4.70. The summed E-state index contributed by atoms with van der Waals surface area (Å²) >= 11 is 0. The van der Waals surface area contributed by atoms with Gasteiger partial charge in [-0.05, 0) is 24.6 Å². The lowest BCUT2D eigenvalue weighted by Crippen LogP contribution is -2.34. The SMILES string of the molecule is Cc1ccc(C(=O)N2C[C@@H](C(F)(F)F)[C@H](C(=O)O)C2)c(O)c1. The molecule has 0 bridgehead atoms. The molecule has 120 valence electrons. The molecule has 0 spiro atoms. The van der Waals surface area contributed by atoms with Crippen LogP contribution in [0, 0.1) is 18.8 Å². The third kappa shape index (κ3) is 3.00. The van der Waals surface area contributed by atoms with Crippen LogP contribution >= 0.6 is 0 Å². The normalized spacial score (nSPS) is 21.9. The molecular formula is C14H14F3NO4. The molecule has 1 aromatic rings. The van der Waals surface area contributed by atoms with Crippen LogP contribution in [0.1, 0.15) is 15.9 Å². The van der Waals surface area contributed by atoms with Gasteiger partial charge in [0.05, 0.1) is 17.4 Å². The Balaban J connectivity index is 2.27. The Labute approximate surface area is 124 Å². The number of aryl methyl sites for hydroxylation is 1. The molecule has 5 nitrogen and oxygen atoms in total. The van der Waals surface area contributed by atoms with Crippen LogP contribution in [0.5, 0.6) is 5.75 Å². The van der Waals surface area contributed by atoms with Crippen molar-refractivity contribution in [2.24, 2.45) is 11.8 Å². The van der Waals surface area contributed by atoms with Crippen molar-refractivity contribution < 1.29 is 33.0 Å². The molecule has 22 heavy (non-hydrogen) atoms. The third-order valence-corrected chi connectivity index (χ3v) is 3.73. The van der Waals surface area contributed by atoms with E-state index in [1.54, 1.807) is 13.0 Å². The number of carboxylic acids is 1. The number of nitrogens with zero attached hydrogens (tertiary/aromatic N) is 1. The molecule has 8 heteroatoms. The number of amides is 1. The third-order valence-electron chi connectivity index (χ3n) is 3.73. The van der Waals surface area contributed by atoms with Crippen LogP contribution in [0.2, 0.25) is 0 Å². The van der Waals surface area contributed by atoms with E-state index in [4.69, 9.17) is 5.11 Å². The fourth-order valence-electron chi connectivity index (χ4n) is 2.54. The number of benzene rings is 1. The second kappa shape index (κ2) is 5.51. The van der Waals surface area contributed by atoms with Gasteiger partial charge in [0.15, 0.2) is 0 Å². The number of aliphatic carboxylic acids is 1. The van der Waals surface area contributed by atoms with Crippen molar-refractivity contribution in [3.63, 3.8) is 0 Å². The number of carboxylic acid groups (broad SMARTS) is 1. The number of hydrogen-bond acceptors (Lipinski definition) is 3. The maximum Gasteiger partial charge on any atom is 0.394 e. The van der Waals surface area contributed by atoms with Crippen molar-refractivity contribution in [3.05, 3.63) is 29.3 Å².